The molecule has 3 aliphatic carbocycles. The molecule has 4 heteroatoms. The summed E-state index contributed by atoms with van der Waals surface area (Å²) in [6, 6.07) is 0. The highest BCUT2D eigenvalue weighted by Gasteiger charge is 2.72. The van der Waals surface area contributed by atoms with E-state index in [9.17, 15) is 4.79 Å². The molecule has 4 nitrogen and oxygen atoms in total. The van der Waals surface area contributed by atoms with Crippen molar-refractivity contribution in [2.75, 3.05) is 13.7 Å². The molecular formula is C20H32O4. The topological polar surface area (TPSA) is 44.8 Å². The average Bonchev–Trinajstić information content (AvgIpc) is 2.88. The normalized spacial score (nSPS) is 51.7. The summed E-state index contributed by atoms with van der Waals surface area (Å²) in [5.74, 6) is 1.18. The predicted molar refractivity (Wildman–Crippen MR) is 90.5 cm³/mol. The minimum Gasteiger partial charge on any atom is -0.466 e. The molecule has 0 N–H and O–H groups in total. The molecule has 5 fully saturated rings. The Hall–Kier alpha value is -0.610. The van der Waals surface area contributed by atoms with Crippen LogP contribution in [-0.2, 0) is 19.0 Å². The summed E-state index contributed by atoms with van der Waals surface area (Å²) in [6.45, 7) is 7.02. The quantitative estimate of drug-likeness (QED) is 0.718. The molecule has 24 heavy (non-hydrogen) atoms. The molecule has 2 saturated heterocycles. The van der Waals surface area contributed by atoms with E-state index in [1.807, 2.05) is 14.0 Å². The van der Waals surface area contributed by atoms with Gasteiger partial charge in [0.15, 0.2) is 0 Å². The van der Waals surface area contributed by atoms with Gasteiger partial charge in [-0.3, -0.25) is 4.79 Å². The van der Waals surface area contributed by atoms with Crippen LogP contribution in [0.5, 0.6) is 0 Å². The van der Waals surface area contributed by atoms with Crippen LogP contribution >= 0.6 is 0 Å². The third-order valence-electron chi connectivity index (χ3n) is 8.00. The van der Waals surface area contributed by atoms with Gasteiger partial charge in [-0.05, 0) is 69.6 Å². The summed E-state index contributed by atoms with van der Waals surface area (Å²) in [7, 11) is 1.83. The maximum absolute atomic E-state index is 12.0. The highest BCUT2D eigenvalue weighted by Crippen LogP contribution is 2.73. The molecule has 3 saturated carbocycles. The second kappa shape index (κ2) is 5.44. The maximum Gasteiger partial charge on any atom is 0.305 e. The van der Waals surface area contributed by atoms with Crippen LogP contribution in [0, 0.1) is 22.7 Å². The van der Waals surface area contributed by atoms with E-state index in [1.54, 1.807) is 0 Å². The number of ether oxygens (including phenoxy) is 3. The number of hydrogen-bond acceptors (Lipinski definition) is 4. The first-order valence-electron chi connectivity index (χ1n) is 9.73. The highest BCUT2D eigenvalue weighted by atomic mass is 16.5. The largest absolute Gasteiger partial charge is 0.466 e. The van der Waals surface area contributed by atoms with Gasteiger partial charge in [0.1, 0.15) is 0 Å². The zero-order valence-electron chi connectivity index (χ0n) is 15.6. The molecule has 7 atom stereocenters. The lowest BCUT2D eigenvalue weighted by Gasteiger charge is -2.61. The number of carbonyl (C=O) groups is 1. The number of methoxy groups -OCH3 is 1. The Morgan fingerprint density at radius 1 is 1.33 bits per heavy atom. The van der Waals surface area contributed by atoms with Crippen molar-refractivity contribution in [2.24, 2.45) is 22.7 Å². The first-order valence-corrected chi connectivity index (χ1v) is 9.73. The number of carbonyl (C=O) groups excluding carboxylic acids is 1. The fourth-order valence-corrected chi connectivity index (χ4v) is 7.33. The van der Waals surface area contributed by atoms with Gasteiger partial charge in [-0.2, -0.15) is 0 Å². The summed E-state index contributed by atoms with van der Waals surface area (Å²) >= 11 is 0. The van der Waals surface area contributed by atoms with Gasteiger partial charge in [0.05, 0.1) is 24.4 Å². The van der Waals surface area contributed by atoms with Crippen LogP contribution in [0.1, 0.15) is 65.7 Å². The summed E-state index contributed by atoms with van der Waals surface area (Å²) in [5, 5.41) is 0. The predicted octanol–water partition coefficient (Wildman–Crippen LogP) is 3.72. The van der Waals surface area contributed by atoms with Gasteiger partial charge in [-0.15, -0.1) is 0 Å². The molecule has 4 bridgehead atoms. The summed E-state index contributed by atoms with van der Waals surface area (Å²) < 4.78 is 17.7. The molecule has 0 amide bonds. The molecule has 5 rings (SSSR count). The molecule has 136 valence electrons. The van der Waals surface area contributed by atoms with E-state index in [0.29, 0.717) is 30.5 Å². The highest BCUT2D eigenvalue weighted by molar-refractivity contribution is 5.69. The minimum absolute atomic E-state index is 0.00106. The maximum atomic E-state index is 12.0. The third kappa shape index (κ3) is 2.14. The summed E-state index contributed by atoms with van der Waals surface area (Å²) in [5.41, 5.74) is 0.531. The van der Waals surface area contributed by atoms with Crippen LogP contribution in [0.4, 0.5) is 0 Å². The smallest absolute Gasteiger partial charge is 0.305 e. The summed E-state index contributed by atoms with van der Waals surface area (Å²) in [6.07, 6.45) is 8.01. The molecule has 0 radical (unpaired) electrons. The Balaban J connectivity index is 1.62. The van der Waals surface area contributed by atoms with Gasteiger partial charge in [-0.1, -0.05) is 6.92 Å². The molecule has 0 aromatic rings. The van der Waals surface area contributed by atoms with Crippen molar-refractivity contribution >= 4 is 5.97 Å². The van der Waals surface area contributed by atoms with Crippen LogP contribution in [0.25, 0.3) is 0 Å². The van der Waals surface area contributed by atoms with E-state index in [4.69, 9.17) is 14.2 Å². The first kappa shape index (κ1) is 16.8. The molecular weight excluding hydrogens is 304 g/mol. The van der Waals surface area contributed by atoms with Crippen molar-refractivity contribution in [1.29, 1.82) is 0 Å². The number of esters is 1. The lowest BCUT2D eigenvalue weighted by Crippen LogP contribution is -2.60. The third-order valence-corrected chi connectivity index (χ3v) is 8.00. The molecule has 2 heterocycles. The van der Waals surface area contributed by atoms with E-state index in [2.05, 4.69) is 13.8 Å². The van der Waals surface area contributed by atoms with Gasteiger partial charge in [-0.25, -0.2) is 0 Å². The Labute approximate surface area is 145 Å². The first-order chi connectivity index (χ1) is 11.4. The van der Waals surface area contributed by atoms with E-state index in [-0.39, 0.29) is 23.1 Å². The molecule has 5 aliphatic rings. The Bertz CT molecular complexity index is 534. The van der Waals surface area contributed by atoms with Crippen molar-refractivity contribution in [2.45, 2.75) is 83.5 Å². The van der Waals surface area contributed by atoms with Crippen LogP contribution in [0.2, 0.25) is 0 Å². The minimum atomic E-state index is -0.0762. The van der Waals surface area contributed by atoms with Crippen molar-refractivity contribution in [3.8, 4) is 0 Å². The van der Waals surface area contributed by atoms with Crippen molar-refractivity contribution in [3.63, 3.8) is 0 Å². The second-order valence-electron chi connectivity index (χ2n) is 9.20. The van der Waals surface area contributed by atoms with Gasteiger partial charge in [0.25, 0.3) is 0 Å². The average molecular weight is 336 g/mol. The lowest BCUT2D eigenvalue weighted by atomic mass is 9.48. The van der Waals surface area contributed by atoms with Crippen LogP contribution in [-0.4, -0.2) is 37.5 Å². The zero-order valence-corrected chi connectivity index (χ0v) is 15.6. The zero-order chi connectivity index (χ0) is 17.2. The van der Waals surface area contributed by atoms with Gasteiger partial charge >= 0.3 is 5.97 Å². The van der Waals surface area contributed by atoms with Gasteiger partial charge in [0.2, 0.25) is 0 Å². The van der Waals surface area contributed by atoms with Crippen LogP contribution in [0.15, 0.2) is 0 Å². The van der Waals surface area contributed by atoms with E-state index in [0.717, 1.165) is 18.8 Å². The molecule has 0 aromatic carbocycles. The monoisotopic (exact) mass is 336 g/mol. The standard InChI is InChI=1S/C20H32O4/c1-5-23-16(21)7-8-18(2)15(22-4)6-9-20-11-13-10-14(17(18)20)24-19(13,3)12-20/h13-15,17H,5-12H2,1-4H3/t13-,14+,15-,17+,18-,19+,20+/m1/s1. The molecule has 2 aliphatic heterocycles. The van der Waals surface area contributed by atoms with E-state index in [1.165, 1.54) is 25.7 Å². The van der Waals surface area contributed by atoms with Crippen molar-refractivity contribution in [3.05, 3.63) is 0 Å². The number of hydrogen-bond donors (Lipinski definition) is 0. The Morgan fingerprint density at radius 2 is 2.12 bits per heavy atom. The molecule has 0 unspecified atom stereocenters. The Kier molecular flexibility index (Phi) is 3.82. The van der Waals surface area contributed by atoms with E-state index < -0.39 is 0 Å². The molecule has 1 spiro atoms. The van der Waals surface area contributed by atoms with Crippen molar-refractivity contribution in [1.82, 2.24) is 0 Å². The van der Waals surface area contributed by atoms with Crippen LogP contribution in [0.3, 0.4) is 0 Å². The van der Waals surface area contributed by atoms with Crippen molar-refractivity contribution < 1.29 is 19.0 Å². The fraction of sp³-hybridized carbons (Fsp3) is 0.950. The second-order valence-corrected chi connectivity index (χ2v) is 9.20. The van der Waals surface area contributed by atoms with Crippen LogP contribution < -0.4 is 0 Å². The van der Waals surface area contributed by atoms with E-state index >= 15 is 0 Å². The Morgan fingerprint density at radius 3 is 2.79 bits per heavy atom. The van der Waals surface area contributed by atoms with Gasteiger partial charge in [0, 0.05) is 18.9 Å². The van der Waals surface area contributed by atoms with Gasteiger partial charge < -0.3 is 14.2 Å². The number of rotatable bonds is 5. The fourth-order valence-electron chi connectivity index (χ4n) is 7.33. The SMILES string of the molecule is CCOC(=O)CC[C@@]1(C)[C@@H]2[C@@H]3C[C@@H]4C[C@@]2(CC[C@H]1OC)C[C@]4(C)O3. The summed E-state index contributed by atoms with van der Waals surface area (Å²) in [4.78, 5) is 12.0. The lowest BCUT2D eigenvalue weighted by molar-refractivity contribution is -0.221. The molecule has 0 aromatic heterocycles.